The molecule has 0 bridgehead atoms. The van der Waals surface area contributed by atoms with Crippen LogP contribution in [-0.2, 0) is 4.74 Å². The van der Waals surface area contributed by atoms with Gasteiger partial charge in [0.1, 0.15) is 5.60 Å². The van der Waals surface area contributed by atoms with Crippen molar-refractivity contribution in [1.82, 2.24) is 0 Å². The van der Waals surface area contributed by atoms with E-state index in [9.17, 15) is 4.79 Å². The lowest BCUT2D eigenvalue weighted by Gasteiger charge is -2.19. The molecule has 0 N–H and O–H groups in total. The van der Waals surface area contributed by atoms with Crippen molar-refractivity contribution in [2.75, 3.05) is 0 Å². The molecule has 1 rings (SSSR count). The first kappa shape index (κ1) is 12.5. The number of halogens is 2. The summed E-state index contributed by atoms with van der Waals surface area (Å²) >= 11 is 9.08. The van der Waals surface area contributed by atoms with Gasteiger partial charge < -0.3 is 4.74 Å². The van der Waals surface area contributed by atoms with E-state index in [1.807, 2.05) is 20.8 Å². The highest BCUT2D eigenvalue weighted by atomic mass is 79.9. The average Bonchev–Trinajstić information content (AvgIpc) is 2.06. The molecule has 1 aromatic rings. The lowest BCUT2D eigenvalue weighted by Crippen LogP contribution is -2.24. The second-order valence-electron chi connectivity index (χ2n) is 4.13. The molecule has 0 aromatic heterocycles. The molecular weight excluding hydrogens is 279 g/mol. The number of carbonyl (C=O) groups excluding carboxylic acids is 1. The minimum atomic E-state index is -0.501. The predicted molar refractivity (Wildman–Crippen MR) is 64.3 cm³/mol. The fraction of sp³-hybridized carbons (Fsp3) is 0.364. The van der Waals surface area contributed by atoms with Crippen LogP contribution in [0.1, 0.15) is 31.1 Å². The van der Waals surface area contributed by atoms with Crippen LogP contribution < -0.4 is 0 Å². The first-order valence-corrected chi connectivity index (χ1v) is 5.65. The Kier molecular flexibility index (Phi) is 3.79. The number of ether oxygens (including phenoxy) is 1. The van der Waals surface area contributed by atoms with Gasteiger partial charge in [-0.3, -0.25) is 0 Å². The molecule has 0 spiro atoms. The summed E-state index contributed by atoms with van der Waals surface area (Å²) in [4.78, 5) is 11.7. The molecular formula is C11H12BrClO2. The van der Waals surface area contributed by atoms with Gasteiger partial charge in [-0.25, -0.2) is 4.79 Å². The smallest absolute Gasteiger partial charge is 0.339 e. The molecule has 82 valence electrons. The minimum Gasteiger partial charge on any atom is -0.456 e. The Hall–Kier alpha value is -0.540. The molecule has 0 aliphatic heterocycles. The maximum atomic E-state index is 11.7. The van der Waals surface area contributed by atoms with Crippen LogP contribution >= 0.6 is 27.5 Å². The molecule has 0 heterocycles. The molecule has 0 saturated heterocycles. The number of esters is 1. The van der Waals surface area contributed by atoms with Crippen LogP contribution in [0.25, 0.3) is 0 Å². The van der Waals surface area contributed by atoms with Crippen molar-refractivity contribution in [2.45, 2.75) is 26.4 Å². The summed E-state index contributed by atoms with van der Waals surface area (Å²) in [6.07, 6.45) is 0. The van der Waals surface area contributed by atoms with E-state index in [0.29, 0.717) is 15.1 Å². The van der Waals surface area contributed by atoms with Crippen LogP contribution in [0, 0.1) is 0 Å². The summed E-state index contributed by atoms with van der Waals surface area (Å²) in [5, 5.41) is 0.513. The van der Waals surface area contributed by atoms with Crippen molar-refractivity contribution in [3.63, 3.8) is 0 Å². The minimum absolute atomic E-state index is 0.378. The summed E-state index contributed by atoms with van der Waals surface area (Å²) in [5.41, 5.74) is -0.0591. The van der Waals surface area contributed by atoms with Crippen molar-refractivity contribution in [3.8, 4) is 0 Å². The zero-order valence-corrected chi connectivity index (χ0v) is 11.1. The monoisotopic (exact) mass is 290 g/mol. The SMILES string of the molecule is CC(C)(C)OC(=O)c1cc(Cl)ccc1Br. The molecule has 15 heavy (non-hydrogen) atoms. The quantitative estimate of drug-likeness (QED) is 0.729. The van der Waals surface area contributed by atoms with Gasteiger partial charge in [-0.15, -0.1) is 0 Å². The van der Waals surface area contributed by atoms with E-state index in [-0.39, 0.29) is 5.97 Å². The maximum Gasteiger partial charge on any atom is 0.339 e. The Morgan fingerprint density at radius 1 is 1.40 bits per heavy atom. The molecule has 0 atom stereocenters. The number of carbonyl (C=O) groups is 1. The molecule has 0 radical (unpaired) electrons. The van der Waals surface area contributed by atoms with Gasteiger partial charge in [0, 0.05) is 9.50 Å². The van der Waals surface area contributed by atoms with Gasteiger partial charge >= 0.3 is 5.97 Å². The van der Waals surface area contributed by atoms with Gasteiger partial charge in [0.15, 0.2) is 0 Å². The molecule has 0 saturated carbocycles. The van der Waals surface area contributed by atoms with Crippen molar-refractivity contribution in [2.24, 2.45) is 0 Å². The summed E-state index contributed by atoms with van der Waals surface area (Å²) in [6.45, 7) is 5.47. The first-order chi connectivity index (χ1) is 6.79. The van der Waals surface area contributed by atoms with Crippen LogP contribution in [0.5, 0.6) is 0 Å². The Bertz CT molecular complexity index is 383. The van der Waals surface area contributed by atoms with Gasteiger partial charge in [0.25, 0.3) is 0 Å². The summed E-state index contributed by atoms with van der Waals surface area (Å²) in [7, 11) is 0. The third kappa shape index (κ3) is 3.84. The molecule has 0 aliphatic carbocycles. The van der Waals surface area contributed by atoms with Gasteiger partial charge in [-0.1, -0.05) is 11.6 Å². The van der Waals surface area contributed by atoms with Crippen LogP contribution in [0.2, 0.25) is 5.02 Å². The van der Waals surface area contributed by atoms with E-state index >= 15 is 0 Å². The number of rotatable bonds is 1. The predicted octanol–water partition coefficient (Wildman–Crippen LogP) is 4.06. The lowest BCUT2D eigenvalue weighted by molar-refractivity contribution is 0.00685. The van der Waals surface area contributed by atoms with Gasteiger partial charge in [0.05, 0.1) is 5.56 Å². The highest BCUT2D eigenvalue weighted by molar-refractivity contribution is 9.10. The van der Waals surface area contributed by atoms with Crippen molar-refractivity contribution in [1.29, 1.82) is 0 Å². The third-order valence-electron chi connectivity index (χ3n) is 1.55. The van der Waals surface area contributed by atoms with E-state index in [0.717, 1.165) is 0 Å². The Morgan fingerprint density at radius 2 is 2.00 bits per heavy atom. The largest absolute Gasteiger partial charge is 0.456 e. The van der Waals surface area contributed by atoms with Gasteiger partial charge in [0.2, 0.25) is 0 Å². The normalized spacial score (nSPS) is 11.3. The molecule has 0 unspecified atom stereocenters. The third-order valence-corrected chi connectivity index (χ3v) is 2.47. The van der Waals surface area contributed by atoms with E-state index < -0.39 is 5.60 Å². The zero-order valence-electron chi connectivity index (χ0n) is 8.80. The van der Waals surface area contributed by atoms with E-state index in [2.05, 4.69) is 15.9 Å². The second kappa shape index (κ2) is 4.54. The molecule has 2 nitrogen and oxygen atoms in total. The van der Waals surface area contributed by atoms with Crippen molar-refractivity contribution < 1.29 is 9.53 Å². The van der Waals surface area contributed by atoms with E-state index in [1.165, 1.54) is 0 Å². The fourth-order valence-corrected chi connectivity index (χ4v) is 1.57. The van der Waals surface area contributed by atoms with Crippen molar-refractivity contribution >= 4 is 33.5 Å². The van der Waals surface area contributed by atoms with Crippen LogP contribution in [0.4, 0.5) is 0 Å². The van der Waals surface area contributed by atoms with Gasteiger partial charge in [-0.05, 0) is 54.9 Å². The molecule has 4 heteroatoms. The zero-order chi connectivity index (χ0) is 11.6. The standard InChI is InChI=1S/C11H12BrClO2/c1-11(2,3)15-10(14)8-6-7(13)4-5-9(8)12/h4-6H,1-3H3. The Balaban J connectivity index is 2.96. The fourth-order valence-electron chi connectivity index (χ4n) is 0.987. The average molecular weight is 292 g/mol. The maximum absolute atomic E-state index is 11.7. The highest BCUT2D eigenvalue weighted by Gasteiger charge is 2.19. The van der Waals surface area contributed by atoms with E-state index in [1.54, 1.807) is 18.2 Å². The van der Waals surface area contributed by atoms with E-state index in [4.69, 9.17) is 16.3 Å². The molecule has 1 aromatic carbocycles. The van der Waals surface area contributed by atoms with Crippen LogP contribution in [0.15, 0.2) is 22.7 Å². The summed E-state index contributed by atoms with van der Waals surface area (Å²) in [6, 6.07) is 5.01. The first-order valence-electron chi connectivity index (χ1n) is 4.48. The molecule has 0 fully saturated rings. The highest BCUT2D eigenvalue weighted by Crippen LogP contribution is 2.23. The van der Waals surface area contributed by atoms with Crippen molar-refractivity contribution in [3.05, 3.63) is 33.3 Å². The number of benzene rings is 1. The molecule has 0 aliphatic rings. The molecule has 0 amide bonds. The van der Waals surface area contributed by atoms with Gasteiger partial charge in [-0.2, -0.15) is 0 Å². The number of hydrogen-bond donors (Lipinski definition) is 0. The summed E-state index contributed by atoms with van der Waals surface area (Å²) < 4.78 is 5.91. The Labute approximate surface area is 103 Å². The topological polar surface area (TPSA) is 26.3 Å². The Morgan fingerprint density at radius 3 is 2.53 bits per heavy atom. The second-order valence-corrected chi connectivity index (χ2v) is 5.42. The summed E-state index contributed by atoms with van der Waals surface area (Å²) in [5.74, 6) is -0.378. The number of hydrogen-bond acceptors (Lipinski definition) is 2. The van der Waals surface area contributed by atoms with Crippen LogP contribution in [-0.4, -0.2) is 11.6 Å². The van der Waals surface area contributed by atoms with Crippen LogP contribution in [0.3, 0.4) is 0 Å². The lowest BCUT2D eigenvalue weighted by atomic mass is 10.2.